The number of anilines is 1. The van der Waals surface area contributed by atoms with E-state index in [1.165, 1.54) is 19.5 Å². The van der Waals surface area contributed by atoms with Crippen molar-refractivity contribution in [3.8, 4) is 0 Å². The number of rotatable bonds is 3. The number of hydrogen-bond donors (Lipinski definition) is 1. The summed E-state index contributed by atoms with van der Waals surface area (Å²) >= 11 is 0. The van der Waals surface area contributed by atoms with E-state index in [1.54, 1.807) is 4.52 Å². The van der Waals surface area contributed by atoms with Crippen LogP contribution in [0.2, 0.25) is 0 Å². The van der Waals surface area contributed by atoms with Crippen molar-refractivity contribution in [3.63, 3.8) is 0 Å². The third-order valence-corrected chi connectivity index (χ3v) is 3.72. The van der Waals surface area contributed by atoms with Gasteiger partial charge in [-0.3, -0.25) is 0 Å². The van der Waals surface area contributed by atoms with Crippen molar-refractivity contribution in [2.24, 2.45) is 5.92 Å². The Morgan fingerprint density at radius 3 is 3.06 bits per heavy atom. The van der Waals surface area contributed by atoms with Gasteiger partial charge in [0.25, 0.3) is 0 Å². The first-order valence-electron chi connectivity index (χ1n) is 6.58. The maximum atomic E-state index is 5.87. The highest BCUT2D eigenvalue weighted by atomic mass is 15.3. The van der Waals surface area contributed by atoms with Crippen molar-refractivity contribution in [1.29, 1.82) is 0 Å². The lowest BCUT2D eigenvalue weighted by atomic mass is 10.1. The van der Waals surface area contributed by atoms with E-state index in [-0.39, 0.29) is 0 Å². The summed E-state index contributed by atoms with van der Waals surface area (Å²) < 4.78 is 1.72. The molecule has 3 heterocycles. The SMILES string of the molecule is CCN1CCC(Cc2nc3cccc(N)n3n2)C1. The van der Waals surface area contributed by atoms with Crippen LogP contribution < -0.4 is 5.73 Å². The molecule has 1 aliphatic heterocycles. The molecular formula is C13H19N5. The molecule has 0 amide bonds. The Balaban J connectivity index is 1.77. The van der Waals surface area contributed by atoms with Gasteiger partial charge >= 0.3 is 0 Å². The molecule has 1 saturated heterocycles. The second-order valence-electron chi connectivity index (χ2n) is 5.00. The molecule has 0 radical (unpaired) electrons. The van der Waals surface area contributed by atoms with E-state index in [2.05, 4.69) is 21.9 Å². The monoisotopic (exact) mass is 245 g/mol. The van der Waals surface area contributed by atoms with Crippen LogP contribution in [-0.4, -0.2) is 39.1 Å². The Bertz CT molecular complexity index is 547. The minimum absolute atomic E-state index is 0.646. The lowest BCUT2D eigenvalue weighted by molar-refractivity contribution is 0.341. The molecule has 2 N–H and O–H groups in total. The fourth-order valence-corrected chi connectivity index (χ4v) is 2.68. The van der Waals surface area contributed by atoms with Gasteiger partial charge in [0, 0.05) is 13.0 Å². The van der Waals surface area contributed by atoms with Gasteiger partial charge in [-0.2, -0.15) is 4.52 Å². The van der Waals surface area contributed by atoms with Crippen LogP contribution in [0.1, 0.15) is 19.2 Å². The number of pyridine rings is 1. The summed E-state index contributed by atoms with van der Waals surface area (Å²) in [6.07, 6.45) is 2.20. The van der Waals surface area contributed by atoms with Crippen molar-refractivity contribution in [1.82, 2.24) is 19.5 Å². The predicted molar refractivity (Wildman–Crippen MR) is 71.3 cm³/mol. The fourth-order valence-electron chi connectivity index (χ4n) is 2.68. The molecule has 0 aromatic carbocycles. The van der Waals surface area contributed by atoms with Crippen molar-refractivity contribution in [3.05, 3.63) is 24.0 Å². The van der Waals surface area contributed by atoms with Crippen LogP contribution in [0.4, 0.5) is 5.82 Å². The van der Waals surface area contributed by atoms with Gasteiger partial charge in [-0.25, -0.2) is 4.98 Å². The largest absolute Gasteiger partial charge is 0.384 e. The van der Waals surface area contributed by atoms with E-state index in [1.807, 2.05) is 18.2 Å². The van der Waals surface area contributed by atoms with Crippen molar-refractivity contribution >= 4 is 11.5 Å². The molecule has 0 bridgehead atoms. The summed E-state index contributed by atoms with van der Waals surface area (Å²) in [5.41, 5.74) is 6.72. The van der Waals surface area contributed by atoms with E-state index < -0.39 is 0 Å². The summed E-state index contributed by atoms with van der Waals surface area (Å²) in [5.74, 6) is 2.24. The lowest BCUT2D eigenvalue weighted by Gasteiger charge is -2.11. The van der Waals surface area contributed by atoms with E-state index in [0.29, 0.717) is 11.7 Å². The molecule has 18 heavy (non-hydrogen) atoms. The molecular weight excluding hydrogens is 226 g/mol. The van der Waals surface area contributed by atoms with E-state index >= 15 is 0 Å². The molecule has 1 atom stereocenters. The van der Waals surface area contributed by atoms with Crippen LogP contribution in [0, 0.1) is 5.92 Å². The van der Waals surface area contributed by atoms with Crippen molar-refractivity contribution in [2.45, 2.75) is 19.8 Å². The second kappa shape index (κ2) is 4.57. The standard InChI is InChI=1S/C13H19N5/c1-2-17-7-6-10(9-17)8-12-15-13-5-3-4-11(14)18(13)16-12/h3-5,10H,2,6-9,14H2,1H3. The van der Waals surface area contributed by atoms with E-state index in [4.69, 9.17) is 5.73 Å². The molecule has 1 unspecified atom stereocenters. The minimum atomic E-state index is 0.646. The Kier molecular flexibility index (Phi) is 2.91. The minimum Gasteiger partial charge on any atom is -0.384 e. The average Bonchev–Trinajstić information content (AvgIpc) is 2.96. The average molecular weight is 245 g/mol. The molecule has 1 aliphatic rings. The Morgan fingerprint density at radius 1 is 1.44 bits per heavy atom. The lowest BCUT2D eigenvalue weighted by Crippen LogP contribution is -2.20. The first-order valence-corrected chi connectivity index (χ1v) is 6.58. The van der Waals surface area contributed by atoms with Crippen molar-refractivity contribution in [2.75, 3.05) is 25.4 Å². The molecule has 2 aromatic rings. The Hall–Kier alpha value is -1.62. The summed E-state index contributed by atoms with van der Waals surface area (Å²) in [6.45, 7) is 5.73. The maximum Gasteiger partial charge on any atom is 0.157 e. The van der Waals surface area contributed by atoms with Crippen molar-refractivity contribution < 1.29 is 0 Å². The summed E-state index contributed by atoms with van der Waals surface area (Å²) in [7, 11) is 0. The fraction of sp³-hybridized carbons (Fsp3) is 0.538. The highest BCUT2D eigenvalue weighted by Crippen LogP contribution is 2.19. The van der Waals surface area contributed by atoms with Crippen LogP contribution in [0.5, 0.6) is 0 Å². The zero-order valence-corrected chi connectivity index (χ0v) is 10.7. The predicted octanol–water partition coefficient (Wildman–Crippen LogP) is 1.20. The summed E-state index contributed by atoms with van der Waals surface area (Å²) in [6, 6.07) is 5.71. The zero-order valence-electron chi connectivity index (χ0n) is 10.7. The Labute approximate surface area is 107 Å². The molecule has 0 aliphatic carbocycles. The highest BCUT2D eigenvalue weighted by Gasteiger charge is 2.22. The first-order chi connectivity index (χ1) is 8.76. The quantitative estimate of drug-likeness (QED) is 0.882. The number of likely N-dealkylation sites (tertiary alicyclic amines) is 1. The van der Waals surface area contributed by atoms with Crippen LogP contribution in [0.15, 0.2) is 18.2 Å². The van der Waals surface area contributed by atoms with Gasteiger partial charge in [0.05, 0.1) is 0 Å². The first kappa shape index (κ1) is 11.5. The Morgan fingerprint density at radius 2 is 2.33 bits per heavy atom. The molecule has 5 nitrogen and oxygen atoms in total. The zero-order chi connectivity index (χ0) is 12.5. The second-order valence-corrected chi connectivity index (χ2v) is 5.00. The summed E-state index contributed by atoms with van der Waals surface area (Å²) in [5, 5.41) is 4.49. The maximum absolute atomic E-state index is 5.87. The molecule has 5 heteroatoms. The van der Waals surface area contributed by atoms with E-state index in [0.717, 1.165) is 24.4 Å². The topological polar surface area (TPSA) is 59.5 Å². The van der Waals surface area contributed by atoms with Gasteiger partial charge in [0.15, 0.2) is 11.5 Å². The highest BCUT2D eigenvalue weighted by molar-refractivity contribution is 5.45. The van der Waals surface area contributed by atoms with Gasteiger partial charge < -0.3 is 10.6 Å². The number of fused-ring (bicyclic) bond motifs is 1. The smallest absolute Gasteiger partial charge is 0.157 e. The molecule has 0 saturated carbocycles. The van der Waals surface area contributed by atoms with Gasteiger partial charge in [-0.05, 0) is 37.6 Å². The van der Waals surface area contributed by atoms with Crippen LogP contribution in [-0.2, 0) is 6.42 Å². The molecule has 1 fully saturated rings. The number of nitrogens with two attached hydrogens (primary N) is 1. The van der Waals surface area contributed by atoms with Gasteiger partial charge in [0.1, 0.15) is 5.82 Å². The van der Waals surface area contributed by atoms with Gasteiger partial charge in [-0.1, -0.05) is 13.0 Å². The number of nitrogen functional groups attached to an aromatic ring is 1. The van der Waals surface area contributed by atoms with Gasteiger partial charge in [0.2, 0.25) is 0 Å². The van der Waals surface area contributed by atoms with Crippen LogP contribution in [0.25, 0.3) is 5.65 Å². The summed E-state index contributed by atoms with van der Waals surface area (Å²) in [4.78, 5) is 7.02. The molecule has 2 aromatic heterocycles. The normalized spacial score (nSPS) is 20.8. The van der Waals surface area contributed by atoms with E-state index in [9.17, 15) is 0 Å². The van der Waals surface area contributed by atoms with Crippen LogP contribution in [0.3, 0.4) is 0 Å². The number of hydrogen-bond acceptors (Lipinski definition) is 4. The molecule has 3 rings (SSSR count). The number of nitrogens with zero attached hydrogens (tertiary/aromatic N) is 4. The number of aromatic nitrogens is 3. The third-order valence-electron chi connectivity index (χ3n) is 3.72. The molecule has 0 spiro atoms. The third kappa shape index (κ3) is 2.06. The molecule has 96 valence electrons. The van der Waals surface area contributed by atoms with Gasteiger partial charge in [-0.15, -0.1) is 5.10 Å². The van der Waals surface area contributed by atoms with Crippen LogP contribution >= 0.6 is 0 Å².